The van der Waals surface area contributed by atoms with Crippen LogP contribution in [0.15, 0.2) is 12.1 Å². The second kappa shape index (κ2) is 6.60. The molecule has 3 N–H and O–H groups in total. The van der Waals surface area contributed by atoms with Crippen LogP contribution in [-0.4, -0.2) is 37.3 Å². The molecule has 1 aliphatic rings. The van der Waals surface area contributed by atoms with Gasteiger partial charge in [-0.25, -0.2) is 0 Å². The van der Waals surface area contributed by atoms with Gasteiger partial charge in [0, 0.05) is 11.1 Å². The van der Waals surface area contributed by atoms with Gasteiger partial charge in [0.15, 0.2) is 17.8 Å². The number of phenols is 3. The lowest BCUT2D eigenvalue weighted by molar-refractivity contribution is 0.112. The van der Waals surface area contributed by atoms with Crippen LogP contribution in [0, 0.1) is 17.3 Å². The third-order valence-electron chi connectivity index (χ3n) is 8.01. The number of carbonyl (C=O) groups is 1. The minimum atomic E-state index is -0.392. The highest BCUT2D eigenvalue weighted by Crippen LogP contribution is 2.61. The van der Waals surface area contributed by atoms with Gasteiger partial charge in [0.1, 0.15) is 21.4 Å². The van der Waals surface area contributed by atoms with Crippen molar-refractivity contribution in [2.75, 3.05) is 0 Å². The molecule has 0 fully saturated rings. The third kappa shape index (κ3) is 2.68. The second-order valence-corrected chi connectivity index (χ2v) is 9.90. The summed E-state index contributed by atoms with van der Waals surface area (Å²) in [6.07, 6.45) is 0.801. The lowest BCUT2D eigenvalue weighted by Gasteiger charge is -2.44. The van der Waals surface area contributed by atoms with E-state index in [1.165, 1.54) is 7.85 Å². The van der Waals surface area contributed by atoms with E-state index in [2.05, 4.69) is 53.4 Å². The van der Waals surface area contributed by atoms with Crippen molar-refractivity contribution in [3.63, 3.8) is 0 Å². The molecule has 30 heavy (non-hydrogen) atoms. The number of aldehydes is 1. The maximum Gasteiger partial charge on any atom is 0.172 e. The molecule has 4 nitrogen and oxygen atoms in total. The fourth-order valence-corrected chi connectivity index (χ4v) is 4.58. The fraction of sp³-hybridized carbons (Fsp3) is 0.375. The van der Waals surface area contributed by atoms with Gasteiger partial charge in [-0.15, -0.1) is 0 Å². The van der Waals surface area contributed by atoms with Crippen molar-refractivity contribution >= 4 is 32.9 Å². The Balaban J connectivity index is 2.26. The summed E-state index contributed by atoms with van der Waals surface area (Å²) >= 11 is 0. The first-order valence-corrected chi connectivity index (χ1v) is 10.1. The molecule has 0 aromatic heterocycles. The van der Waals surface area contributed by atoms with E-state index in [4.69, 9.17) is 0 Å². The molecule has 0 heterocycles. The number of hydrogen-bond donors (Lipinski definition) is 3. The quantitative estimate of drug-likeness (QED) is 0.220. The third-order valence-corrected chi connectivity index (χ3v) is 8.01. The highest BCUT2D eigenvalue weighted by Gasteiger charge is 2.56. The minimum absolute atomic E-state index is 0.0437. The molecule has 1 aliphatic carbocycles. The number of carbonyl (C=O) groups excluding carboxylic acids is 1. The van der Waals surface area contributed by atoms with Gasteiger partial charge in [-0.3, -0.25) is 4.79 Å². The molecule has 0 atom stereocenters. The van der Waals surface area contributed by atoms with E-state index < -0.39 is 5.75 Å². The van der Waals surface area contributed by atoms with Gasteiger partial charge in [-0.05, 0) is 50.4 Å². The van der Waals surface area contributed by atoms with Crippen LogP contribution in [-0.2, 0) is 10.8 Å². The number of aromatic hydroxyl groups is 3. The summed E-state index contributed by atoms with van der Waals surface area (Å²) in [7, 11) is 3.15. The van der Waals surface area contributed by atoms with Gasteiger partial charge in [0.25, 0.3) is 0 Å². The van der Waals surface area contributed by atoms with E-state index in [0.717, 1.165) is 17.4 Å². The van der Waals surface area contributed by atoms with Crippen LogP contribution in [0.25, 0.3) is 0 Å². The SMILES string of the molecule is Bc1c(O)c(B)c(C#Cc2cc3c(cc2C=O)C(C)(C)C(C)(C)C3(C)C)c(O)c1O. The van der Waals surface area contributed by atoms with E-state index in [0.29, 0.717) is 16.6 Å². The summed E-state index contributed by atoms with van der Waals surface area (Å²) in [6.45, 7) is 13.3. The molecule has 2 aromatic carbocycles. The van der Waals surface area contributed by atoms with Gasteiger partial charge >= 0.3 is 0 Å². The van der Waals surface area contributed by atoms with Crippen LogP contribution < -0.4 is 10.9 Å². The summed E-state index contributed by atoms with van der Waals surface area (Å²) in [4.78, 5) is 11.9. The standard InChI is InChI=1S/C24H28B2O4/c1-22(2)15-9-12(13(11-27)10-16(15)23(3,4)24(22,5)6)7-8-14-17(25)20(29)18(26)21(30)19(14)28/h9-11,28-30H,25-26H2,1-6H3. The van der Waals surface area contributed by atoms with Crippen molar-refractivity contribution in [1.82, 2.24) is 0 Å². The monoisotopic (exact) mass is 402 g/mol. The molecule has 3 rings (SSSR count). The lowest BCUT2D eigenvalue weighted by atomic mass is 9.59. The fourth-order valence-electron chi connectivity index (χ4n) is 4.58. The van der Waals surface area contributed by atoms with Crippen LogP contribution in [0.4, 0.5) is 0 Å². The summed E-state index contributed by atoms with van der Waals surface area (Å²) in [5, 5.41) is 30.6. The van der Waals surface area contributed by atoms with Gasteiger partial charge in [-0.2, -0.15) is 0 Å². The molecule has 0 aliphatic heterocycles. The molecule has 154 valence electrons. The molecule has 0 bridgehead atoms. The molecule has 0 amide bonds. The first-order chi connectivity index (χ1) is 13.7. The maximum atomic E-state index is 11.9. The topological polar surface area (TPSA) is 77.8 Å². The number of benzene rings is 2. The van der Waals surface area contributed by atoms with E-state index in [-0.39, 0.29) is 38.8 Å². The van der Waals surface area contributed by atoms with E-state index in [9.17, 15) is 20.1 Å². The first kappa shape index (κ1) is 21.9. The Labute approximate surface area is 180 Å². The number of hydrogen-bond acceptors (Lipinski definition) is 4. The molecule has 6 heteroatoms. The zero-order chi connectivity index (χ0) is 22.8. The number of rotatable bonds is 1. The predicted molar refractivity (Wildman–Crippen MR) is 125 cm³/mol. The van der Waals surface area contributed by atoms with E-state index >= 15 is 0 Å². The van der Waals surface area contributed by atoms with Crippen molar-refractivity contribution in [3.05, 3.63) is 39.9 Å². The van der Waals surface area contributed by atoms with E-state index in [1.807, 2.05) is 12.1 Å². The summed E-state index contributed by atoms with van der Waals surface area (Å²) in [5.74, 6) is 4.99. The van der Waals surface area contributed by atoms with Crippen LogP contribution in [0.3, 0.4) is 0 Å². The predicted octanol–water partition coefficient (Wildman–Crippen LogP) is 1.13. The summed E-state index contributed by atoms with van der Waals surface area (Å²) in [5.41, 5.74) is 3.77. The molecular formula is C24H28B2O4. The molecule has 0 spiro atoms. The molecule has 0 saturated carbocycles. The normalized spacial score (nSPS) is 17.7. The van der Waals surface area contributed by atoms with Crippen LogP contribution >= 0.6 is 0 Å². The second-order valence-electron chi connectivity index (χ2n) is 9.90. The molecular weight excluding hydrogens is 374 g/mol. The lowest BCUT2D eigenvalue weighted by Crippen LogP contribution is -2.42. The highest BCUT2D eigenvalue weighted by molar-refractivity contribution is 6.43. The molecule has 2 aromatic rings. The summed E-state index contributed by atoms with van der Waals surface area (Å²) < 4.78 is 0. The Bertz CT molecular complexity index is 1120. The largest absolute Gasteiger partial charge is 0.509 e. The Morgan fingerprint density at radius 3 is 1.87 bits per heavy atom. The highest BCUT2D eigenvalue weighted by atomic mass is 16.3. The van der Waals surface area contributed by atoms with Gasteiger partial charge in [-0.1, -0.05) is 53.4 Å². The Morgan fingerprint density at radius 2 is 1.33 bits per heavy atom. The minimum Gasteiger partial charge on any atom is -0.509 e. The summed E-state index contributed by atoms with van der Waals surface area (Å²) in [6, 6.07) is 3.91. The molecule has 0 saturated heterocycles. The Kier molecular flexibility index (Phi) is 4.82. The van der Waals surface area contributed by atoms with Gasteiger partial charge in [0.05, 0.1) is 5.56 Å². The van der Waals surface area contributed by atoms with Gasteiger partial charge < -0.3 is 15.3 Å². The number of fused-ring (bicyclic) bond motifs is 1. The van der Waals surface area contributed by atoms with E-state index in [1.54, 1.807) is 7.85 Å². The van der Waals surface area contributed by atoms with Crippen molar-refractivity contribution in [3.8, 4) is 29.1 Å². The average molecular weight is 402 g/mol. The van der Waals surface area contributed by atoms with Crippen LogP contribution in [0.2, 0.25) is 0 Å². The zero-order valence-electron chi connectivity index (χ0n) is 19.0. The number of phenolic OH excluding ortho intramolecular Hbond substituents is 3. The molecule has 0 radical (unpaired) electrons. The van der Waals surface area contributed by atoms with Gasteiger partial charge in [0.2, 0.25) is 0 Å². The maximum absolute atomic E-state index is 11.9. The Morgan fingerprint density at radius 1 is 0.800 bits per heavy atom. The average Bonchev–Trinajstić information content (AvgIpc) is 2.78. The Hall–Kier alpha value is -2.80. The van der Waals surface area contributed by atoms with Crippen LogP contribution in [0.5, 0.6) is 17.2 Å². The molecule has 0 unspecified atom stereocenters. The van der Waals surface area contributed by atoms with Crippen molar-refractivity contribution in [2.24, 2.45) is 5.41 Å². The van der Waals surface area contributed by atoms with Crippen molar-refractivity contribution in [2.45, 2.75) is 52.4 Å². The smallest absolute Gasteiger partial charge is 0.172 e. The van der Waals surface area contributed by atoms with Crippen LogP contribution in [0.1, 0.15) is 74.2 Å². The van der Waals surface area contributed by atoms with Crippen molar-refractivity contribution < 1.29 is 20.1 Å². The zero-order valence-corrected chi connectivity index (χ0v) is 19.0. The first-order valence-electron chi connectivity index (χ1n) is 10.1. The van der Waals surface area contributed by atoms with Crippen molar-refractivity contribution in [1.29, 1.82) is 0 Å².